The molecule has 0 aliphatic rings. The van der Waals surface area contributed by atoms with Crippen molar-refractivity contribution in [3.63, 3.8) is 0 Å². The predicted octanol–water partition coefficient (Wildman–Crippen LogP) is 2.36. The van der Waals surface area contributed by atoms with Gasteiger partial charge in [0.25, 0.3) is 0 Å². The van der Waals surface area contributed by atoms with Crippen molar-refractivity contribution >= 4 is 11.6 Å². The first-order chi connectivity index (χ1) is 11.8. The molecule has 0 saturated heterocycles. The number of aromatic nitrogens is 4. The highest BCUT2D eigenvalue weighted by molar-refractivity contribution is 5.96. The summed E-state index contributed by atoms with van der Waals surface area (Å²) in [6.45, 7) is 2.06. The number of hydrogen-bond donors (Lipinski definition) is 1. The minimum Gasteiger partial charge on any atom is -0.335 e. The van der Waals surface area contributed by atoms with Gasteiger partial charge in [-0.3, -0.25) is 15.1 Å². The maximum absolute atomic E-state index is 12.8. The van der Waals surface area contributed by atoms with E-state index in [9.17, 15) is 4.79 Å². The summed E-state index contributed by atoms with van der Waals surface area (Å²) in [6, 6.07) is 17.6. The fraction of sp³-hybridized carbons (Fsp3) is 0.222. The fourth-order valence-corrected chi connectivity index (χ4v) is 2.61. The fourth-order valence-electron chi connectivity index (χ4n) is 2.61. The van der Waals surface area contributed by atoms with Crippen LogP contribution in [-0.2, 0) is 17.6 Å². The lowest BCUT2D eigenvalue weighted by Crippen LogP contribution is -2.25. The van der Waals surface area contributed by atoms with Crippen molar-refractivity contribution in [2.45, 2.75) is 25.7 Å². The SMILES string of the molecule is CCc1ccccc1NC(=O)[C@H](Cc1ccccc1)c1nnn[n-]1. The van der Waals surface area contributed by atoms with Gasteiger partial charge in [0.05, 0.1) is 5.92 Å². The monoisotopic (exact) mass is 320 g/mol. The van der Waals surface area contributed by atoms with Crippen LogP contribution in [0.1, 0.15) is 29.8 Å². The minimum atomic E-state index is -0.535. The summed E-state index contributed by atoms with van der Waals surface area (Å²) in [4.78, 5) is 12.8. The zero-order valence-electron chi connectivity index (χ0n) is 13.4. The van der Waals surface area contributed by atoms with Crippen molar-refractivity contribution in [1.82, 2.24) is 20.6 Å². The van der Waals surface area contributed by atoms with E-state index in [1.54, 1.807) is 0 Å². The molecule has 0 aliphatic heterocycles. The van der Waals surface area contributed by atoms with E-state index >= 15 is 0 Å². The Balaban J connectivity index is 1.84. The van der Waals surface area contributed by atoms with Crippen molar-refractivity contribution in [3.05, 3.63) is 71.5 Å². The molecule has 24 heavy (non-hydrogen) atoms. The average molecular weight is 320 g/mol. The van der Waals surface area contributed by atoms with Crippen LogP contribution in [0.3, 0.4) is 0 Å². The summed E-state index contributed by atoms with van der Waals surface area (Å²) in [6.07, 6.45) is 1.34. The Morgan fingerprint density at radius 3 is 2.58 bits per heavy atom. The third kappa shape index (κ3) is 3.65. The van der Waals surface area contributed by atoms with E-state index in [2.05, 4.69) is 32.9 Å². The molecule has 3 rings (SSSR count). The molecular weight excluding hydrogens is 302 g/mol. The van der Waals surface area contributed by atoms with E-state index in [1.807, 2.05) is 54.6 Å². The number of amides is 1. The molecule has 6 nitrogen and oxygen atoms in total. The predicted molar refractivity (Wildman–Crippen MR) is 90.5 cm³/mol. The van der Waals surface area contributed by atoms with Gasteiger partial charge < -0.3 is 10.4 Å². The van der Waals surface area contributed by atoms with Gasteiger partial charge in [0.15, 0.2) is 0 Å². The van der Waals surface area contributed by atoms with E-state index in [4.69, 9.17) is 0 Å². The van der Waals surface area contributed by atoms with Crippen molar-refractivity contribution in [2.24, 2.45) is 0 Å². The zero-order valence-corrected chi connectivity index (χ0v) is 13.4. The summed E-state index contributed by atoms with van der Waals surface area (Å²) in [5, 5.41) is 17.8. The smallest absolute Gasteiger partial charge is 0.232 e. The van der Waals surface area contributed by atoms with Gasteiger partial charge in [0.1, 0.15) is 0 Å². The molecule has 1 heterocycles. The van der Waals surface area contributed by atoms with Crippen molar-refractivity contribution in [2.75, 3.05) is 5.32 Å². The van der Waals surface area contributed by atoms with E-state index < -0.39 is 5.92 Å². The Morgan fingerprint density at radius 1 is 1.12 bits per heavy atom. The molecule has 1 amide bonds. The highest BCUT2D eigenvalue weighted by Crippen LogP contribution is 2.21. The number of benzene rings is 2. The minimum absolute atomic E-state index is 0.158. The van der Waals surface area contributed by atoms with Gasteiger partial charge in [-0.05, 0) is 30.0 Å². The number of anilines is 1. The number of carbonyl (C=O) groups excluding carboxylic acids is 1. The molecule has 6 heteroatoms. The molecule has 1 aromatic heterocycles. The second-order valence-electron chi connectivity index (χ2n) is 5.48. The number of nitrogens with one attached hydrogen (secondary N) is 1. The lowest BCUT2D eigenvalue weighted by Gasteiger charge is -2.18. The molecule has 0 spiro atoms. The van der Waals surface area contributed by atoms with Gasteiger partial charge in [-0.15, -0.1) is 0 Å². The van der Waals surface area contributed by atoms with Crippen molar-refractivity contribution in [1.29, 1.82) is 0 Å². The van der Waals surface area contributed by atoms with Crippen molar-refractivity contribution < 1.29 is 4.79 Å². The van der Waals surface area contributed by atoms with Gasteiger partial charge >= 0.3 is 0 Å². The lowest BCUT2D eigenvalue weighted by atomic mass is 9.97. The van der Waals surface area contributed by atoms with Crippen LogP contribution in [0.4, 0.5) is 5.69 Å². The molecule has 1 N–H and O–H groups in total. The second kappa shape index (κ2) is 7.50. The molecule has 3 aromatic rings. The van der Waals surface area contributed by atoms with Gasteiger partial charge in [0.2, 0.25) is 5.91 Å². The number of tetrazole rings is 1. The summed E-state index contributed by atoms with van der Waals surface area (Å²) < 4.78 is 0. The molecule has 0 bridgehead atoms. The van der Waals surface area contributed by atoms with Crippen LogP contribution in [-0.4, -0.2) is 21.4 Å². The molecule has 0 unspecified atom stereocenters. The number of nitrogens with zero attached hydrogens (tertiary/aromatic N) is 4. The molecule has 122 valence electrons. The van der Waals surface area contributed by atoms with Gasteiger partial charge in [0, 0.05) is 11.5 Å². The molecule has 0 fully saturated rings. The Kier molecular flexibility index (Phi) is 4.96. The Bertz CT molecular complexity index is 786. The summed E-state index contributed by atoms with van der Waals surface area (Å²) in [5.74, 6) is -0.354. The Labute approximate surface area is 140 Å². The Hall–Kier alpha value is -3.02. The molecule has 1 atom stereocenters. The van der Waals surface area contributed by atoms with Crippen LogP contribution in [0.15, 0.2) is 54.6 Å². The number of para-hydroxylation sites is 1. The Morgan fingerprint density at radius 2 is 1.88 bits per heavy atom. The van der Waals surface area contributed by atoms with E-state index in [-0.39, 0.29) is 5.91 Å². The summed E-state index contributed by atoms with van der Waals surface area (Å²) in [5.41, 5.74) is 2.94. The van der Waals surface area contributed by atoms with Crippen LogP contribution in [0.25, 0.3) is 0 Å². The van der Waals surface area contributed by atoms with E-state index in [1.165, 1.54) is 0 Å². The molecular formula is C18H18N5O-. The van der Waals surface area contributed by atoms with Crippen LogP contribution >= 0.6 is 0 Å². The summed E-state index contributed by atoms with van der Waals surface area (Å²) >= 11 is 0. The quantitative estimate of drug-likeness (QED) is 0.754. The lowest BCUT2D eigenvalue weighted by molar-refractivity contribution is -0.117. The number of hydrogen-bond acceptors (Lipinski definition) is 4. The van der Waals surface area contributed by atoms with E-state index in [0.29, 0.717) is 12.2 Å². The number of aryl methyl sites for hydroxylation is 1. The first-order valence-corrected chi connectivity index (χ1v) is 7.89. The van der Waals surface area contributed by atoms with Crippen LogP contribution in [0.2, 0.25) is 0 Å². The maximum atomic E-state index is 12.8. The first kappa shape index (κ1) is 15.9. The largest absolute Gasteiger partial charge is 0.335 e. The number of rotatable bonds is 6. The second-order valence-corrected chi connectivity index (χ2v) is 5.48. The van der Waals surface area contributed by atoms with Gasteiger partial charge in [-0.1, -0.05) is 55.5 Å². The zero-order chi connectivity index (χ0) is 16.8. The van der Waals surface area contributed by atoms with Crippen molar-refractivity contribution in [3.8, 4) is 0 Å². The van der Waals surface area contributed by atoms with Crippen LogP contribution in [0, 0.1) is 0 Å². The number of carbonyl (C=O) groups is 1. The highest BCUT2D eigenvalue weighted by atomic mass is 16.1. The molecule has 0 saturated carbocycles. The summed E-state index contributed by atoms with van der Waals surface area (Å²) in [7, 11) is 0. The van der Waals surface area contributed by atoms with Gasteiger partial charge in [-0.2, -0.15) is 5.21 Å². The molecule has 0 aliphatic carbocycles. The maximum Gasteiger partial charge on any atom is 0.232 e. The standard InChI is InChI=1S/C18H19N5O/c1-2-14-10-6-7-11-16(14)19-18(24)15(17-20-22-23-21-17)12-13-8-4-3-5-9-13/h3-11,15H,2,12H2,1H3,(H2,19,20,21,22,23,24)/p-1/t15-/m1/s1. The third-order valence-corrected chi connectivity index (χ3v) is 3.90. The topological polar surface area (TPSA) is 81.9 Å². The molecule has 0 radical (unpaired) electrons. The molecule has 2 aromatic carbocycles. The average Bonchev–Trinajstić information content (AvgIpc) is 3.15. The first-order valence-electron chi connectivity index (χ1n) is 7.89. The highest BCUT2D eigenvalue weighted by Gasteiger charge is 2.21. The van der Waals surface area contributed by atoms with Crippen LogP contribution in [0.5, 0.6) is 0 Å². The van der Waals surface area contributed by atoms with Crippen LogP contribution < -0.4 is 10.4 Å². The van der Waals surface area contributed by atoms with E-state index in [0.717, 1.165) is 23.2 Å². The van der Waals surface area contributed by atoms with Gasteiger partial charge in [-0.25, -0.2) is 0 Å². The third-order valence-electron chi connectivity index (χ3n) is 3.90. The normalized spacial score (nSPS) is 11.9.